The van der Waals surface area contributed by atoms with E-state index in [9.17, 15) is 0 Å². The molecule has 0 atom stereocenters. The minimum absolute atomic E-state index is 0.857. The van der Waals surface area contributed by atoms with Crippen LogP contribution in [0.15, 0.2) is 12.4 Å². The summed E-state index contributed by atoms with van der Waals surface area (Å²) in [4.78, 5) is 8.50. The Morgan fingerprint density at radius 3 is 2.62 bits per heavy atom. The van der Waals surface area contributed by atoms with Crippen LogP contribution in [-0.2, 0) is 12.3 Å². The second kappa shape index (κ2) is 5.94. The molecule has 0 aliphatic rings. The summed E-state index contributed by atoms with van der Waals surface area (Å²) in [6.07, 6.45) is 5.83. The van der Waals surface area contributed by atoms with Crippen molar-refractivity contribution in [2.24, 2.45) is 0 Å². The average Bonchev–Trinajstić information content (AvgIpc) is 2.17. The molecular formula is C9H15N3S. The Morgan fingerprint density at radius 1 is 1.38 bits per heavy atom. The fraction of sp³-hybridized carbons (Fsp3) is 0.556. The molecule has 0 saturated heterocycles. The first-order chi connectivity index (χ1) is 6.36. The van der Waals surface area contributed by atoms with Crippen LogP contribution in [0.2, 0.25) is 0 Å². The van der Waals surface area contributed by atoms with Crippen molar-refractivity contribution in [3.8, 4) is 0 Å². The van der Waals surface area contributed by atoms with Gasteiger partial charge in [-0.1, -0.05) is 6.92 Å². The fourth-order valence-corrected chi connectivity index (χ4v) is 1.35. The Labute approximate surface area is 83.4 Å². The van der Waals surface area contributed by atoms with Gasteiger partial charge in [0.15, 0.2) is 0 Å². The highest BCUT2D eigenvalue weighted by Gasteiger charge is 1.95. The second-order valence-electron chi connectivity index (χ2n) is 2.72. The number of thioether (sulfide) groups is 1. The summed E-state index contributed by atoms with van der Waals surface area (Å²) in [7, 11) is 0. The molecule has 4 heteroatoms. The smallest absolute Gasteiger partial charge is 0.138 e. The maximum absolute atomic E-state index is 4.25. The van der Waals surface area contributed by atoms with Gasteiger partial charge in [-0.25, -0.2) is 9.97 Å². The Balaban J connectivity index is 2.48. The molecule has 0 fully saturated rings. The largest absolute Gasteiger partial charge is 0.313 e. The summed E-state index contributed by atoms with van der Waals surface area (Å²) in [5, 5.41) is 3.23. The molecule has 0 unspecified atom stereocenters. The molecule has 0 aliphatic carbocycles. The van der Waals surface area contributed by atoms with Crippen molar-refractivity contribution in [2.45, 2.75) is 19.2 Å². The Morgan fingerprint density at radius 2 is 2.08 bits per heavy atom. The number of rotatable bonds is 5. The van der Waals surface area contributed by atoms with Crippen LogP contribution in [0.4, 0.5) is 0 Å². The number of hydrogen-bond donors (Lipinski definition) is 1. The highest BCUT2D eigenvalue weighted by molar-refractivity contribution is 7.97. The molecule has 1 N–H and O–H groups in total. The van der Waals surface area contributed by atoms with E-state index in [-0.39, 0.29) is 0 Å². The van der Waals surface area contributed by atoms with Gasteiger partial charge in [-0.2, -0.15) is 11.8 Å². The third-order valence-corrected chi connectivity index (χ3v) is 2.16. The number of nitrogens with one attached hydrogen (secondary N) is 1. The van der Waals surface area contributed by atoms with E-state index in [1.54, 1.807) is 11.8 Å². The van der Waals surface area contributed by atoms with Crippen LogP contribution < -0.4 is 5.32 Å². The Bertz CT molecular complexity index is 235. The normalized spacial score (nSPS) is 10.3. The lowest BCUT2D eigenvalue weighted by molar-refractivity contribution is 0.719. The van der Waals surface area contributed by atoms with Crippen LogP contribution in [0.1, 0.15) is 18.3 Å². The van der Waals surface area contributed by atoms with Crippen LogP contribution in [0, 0.1) is 0 Å². The predicted molar refractivity (Wildman–Crippen MR) is 56.6 cm³/mol. The summed E-state index contributed by atoms with van der Waals surface area (Å²) in [6.45, 7) is 3.92. The third kappa shape index (κ3) is 3.74. The van der Waals surface area contributed by atoms with Gasteiger partial charge in [-0.15, -0.1) is 0 Å². The first kappa shape index (κ1) is 10.5. The van der Waals surface area contributed by atoms with Gasteiger partial charge in [0, 0.05) is 24.5 Å². The zero-order valence-corrected chi connectivity index (χ0v) is 8.90. The number of hydrogen-bond acceptors (Lipinski definition) is 4. The first-order valence-corrected chi connectivity index (χ1v) is 5.75. The van der Waals surface area contributed by atoms with E-state index in [0.717, 1.165) is 30.2 Å². The minimum atomic E-state index is 0.857. The topological polar surface area (TPSA) is 37.8 Å². The van der Waals surface area contributed by atoms with Crippen molar-refractivity contribution >= 4 is 11.8 Å². The zero-order chi connectivity index (χ0) is 9.52. The summed E-state index contributed by atoms with van der Waals surface area (Å²) in [6, 6.07) is 0. The molecule has 13 heavy (non-hydrogen) atoms. The van der Waals surface area contributed by atoms with Crippen molar-refractivity contribution in [1.29, 1.82) is 0 Å². The molecule has 3 nitrogen and oxygen atoms in total. The summed E-state index contributed by atoms with van der Waals surface area (Å²) >= 11 is 1.74. The molecule has 72 valence electrons. The maximum atomic E-state index is 4.25. The number of aromatic nitrogens is 2. The van der Waals surface area contributed by atoms with Gasteiger partial charge in [-0.3, -0.25) is 0 Å². The van der Waals surface area contributed by atoms with Crippen LogP contribution in [0.25, 0.3) is 0 Å². The monoisotopic (exact) mass is 197 g/mol. The van der Waals surface area contributed by atoms with Gasteiger partial charge < -0.3 is 5.32 Å². The van der Waals surface area contributed by atoms with E-state index >= 15 is 0 Å². The summed E-state index contributed by atoms with van der Waals surface area (Å²) in [5.41, 5.74) is 1.15. The quantitative estimate of drug-likeness (QED) is 0.775. The average molecular weight is 197 g/mol. The van der Waals surface area contributed by atoms with E-state index in [4.69, 9.17) is 0 Å². The molecule has 0 saturated carbocycles. The highest BCUT2D eigenvalue weighted by Crippen LogP contribution is 2.03. The van der Waals surface area contributed by atoms with Gasteiger partial charge in [0.2, 0.25) is 0 Å². The SMILES string of the molecule is CCNCc1cnc(CSC)nc1. The van der Waals surface area contributed by atoms with Crippen molar-refractivity contribution < 1.29 is 0 Å². The van der Waals surface area contributed by atoms with E-state index in [1.165, 1.54) is 0 Å². The lowest BCUT2D eigenvalue weighted by Gasteiger charge is -2.01. The lowest BCUT2D eigenvalue weighted by Crippen LogP contribution is -2.12. The Kier molecular flexibility index (Phi) is 4.78. The van der Waals surface area contributed by atoms with Gasteiger partial charge in [0.1, 0.15) is 5.82 Å². The highest BCUT2D eigenvalue weighted by atomic mass is 32.2. The molecule has 1 heterocycles. The molecule has 1 rings (SSSR count). The zero-order valence-electron chi connectivity index (χ0n) is 8.08. The van der Waals surface area contributed by atoms with Gasteiger partial charge in [0.25, 0.3) is 0 Å². The second-order valence-corrected chi connectivity index (χ2v) is 3.59. The fourth-order valence-electron chi connectivity index (χ4n) is 0.946. The van der Waals surface area contributed by atoms with Gasteiger partial charge >= 0.3 is 0 Å². The molecule has 0 aromatic carbocycles. The predicted octanol–water partition coefficient (Wildman–Crippen LogP) is 1.45. The molecule has 0 amide bonds. The van der Waals surface area contributed by atoms with E-state index in [1.807, 2.05) is 12.4 Å². The summed E-state index contributed by atoms with van der Waals surface area (Å²) in [5.74, 6) is 1.80. The van der Waals surface area contributed by atoms with Crippen molar-refractivity contribution in [3.63, 3.8) is 0 Å². The molecule has 0 radical (unpaired) electrons. The first-order valence-electron chi connectivity index (χ1n) is 4.36. The van der Waals surface area contributed by atoms with E-state index < -0.39 is 0 Å². The standard InChI is InChI=1S/C9H15N3S/c1-3-10-4-8-5-11-9(7-13-2)12-6-8/h5-6,10H,3-4,7H2,1-2H3. The van der Waals surface area contributed by atoms with Crippen LogP contribution in [0.5, 0.6) is 0 Å². The molecule has 0 bridgehead atoms. The van der Waals surface area contributed by atoms with Crippen molar-refractivity contribution in [3.05, 3.63) is 23.8 Å². The van der Waals surface area contributed by atoms with Gasteiger partial charge in [0.05, 0.1) is 5.75 Å². The number of nitrogens with zero attached hydrogens (tertiary/aromatic N) is 2. The summed E-state index contributed by atoms with van der Waals surface area (Å²) < 4.78 is 0. The van der Waals surface area contributed by atoms with E-state index in [0.29, 0.717) is 0 Å². The third-order valence-electron chi connectivity index (χ3n) is 1.61. The van der Waals surface area contributed by atoms with Crippen molar-refractivity contribution in [1.82, 2.24) is 15.3 Å². The van der Waals surface area contributed by atoms with Crippen molar-refractivity contribution in [2.75, 3.05) is 12.8 Å². The molecule has 1 aromatic rings. The Hall–Kier alpha value is -0.610. The van der Waals surface area contributed by atoms with Gasteiger partial charge in [-0.05, 0) is 12.8 Å². The molecular weight excluding hydrogens is 182 g/mol. The molecule has 0 spiro atoms. The lowest BCUT2D eigenvalue weighted by atomic mass is 10.3. The van der Waals surface area contributed by atoms with Crippen LogP contribution in [-0.4, -0.2) is 22.8 Å². The molecule has 0 aliphatic heterocycles. The minimum Gasteiger partial charge on any atom is -0.313 e. The maximum Gasteiger partial charge on any atom is 0.138 e. The van der Waals surface area contributed by atoms with Crippen LogP contribution >= 0.6 is 11.8 Å². The van der Waals surface area contributed by atoms with E-state index in [2.05, 4.69) is 28.5 Å². The molecule has 1 aromatic heterocycles. The van der Waals surface area contributed by atoms with Crippen LogP contribution in [0.3, 0.4) is 0 Å².